The minimum absolute atomic E-state index is 0.0908. The van der Waals surface area contributed by atoms with E-state index < -0.39 is 10.0 Å². The van der Waals surface area contributed by atoms with Crippen LogP contribution in [0, 0.1) is 0 Å². The lowest BCUT2D eigenvalue weighted by atomic mass is 10.1. The second-order valence-corrected chi connectivity index (χ2v) is 12.4. The first-order valence-corrected chi connectivity index (χ1v) is 14.3. The molecule has 0 bridgehead atoms. The molecule has 3 aromatic rings. The molecule has 4 rings (SSSR count). The molecule has 1 saturated heterocycles. The fourth-order valence-corrected chi connectivity index (χ4v) is 5.98. The topological polar surface area (TPSA) is 75.5 Å². The van der Waals surface area contributed by atoms with Gasteiger partial charge in [-0.2, -0.15) is 5.10 Å². The van der Waals surface area contributed by atoms with E-state index in [4.69, 9.17) is 17.3 Å². The molecule has 0 saturated carbocycles. The Labute approximate surface area is 221 Å². The van der Waals surface area contributed by atoms with Crippen molar-refractivity contribution < 1.29 is 13.2 Å². The molecule has 1 fully saturated rings. The molecule has 188 valence electrons. The van der Waals surface area contributed by atoms with E-state index >= 15 is 0 Å². The predicted molar refractivity (Wildman–Crippen MR) is 149 cm³/mol. The van der Waals surface area contributed by atoms with Gasteiger partial charge in [-0.1, -0.05) is 74.1 Å². The van der Waals surface area contributed by atoms with Crippen LogP contribution in [0.3, 0.4) is 0 Å². The van der Waals surface area contributed by atoms with Gasteiger partial charge >= 0.3 is 0 Å². The van der Waals surface area contributed by atoms with Crippen LogP contribution in [-0.4, -0.2) is 58.3 Å². The van der Waals surface area contributed by atoms with Crippen molar-refractivity contribution in [3.8, 4) is 16.9 Å². The minimum atomic E-state index is -3.54. The highest BCUT2D eigenvalue weighted by atomic mass is 32.2. The van der Waals surface area contributed by atoms with Gasteiger partial charge in [0.25, 0.3) is 5.91 Å². The Bertz CT molecular complexity index is 1400. The van der Waals surface area contributed by atoms with E-state index in [2.05, 4.69) is 6.92 Å². The Kier molecular flexibility index (Phi) is 8.09. The highest BCUT2D eigenvalue weighted by molar-refractivity contribution is 8.26. The molecule has 2 heterocycles. The average molecular weight is 541 g/mol. The zero-order valence-electron chi connectivity index (χ0n) is 20.4. The summed E-state index contributed by atoms with van der Waals surface area (Å²) in [5.74, 6) is -0.0908. The number of amides is 1. The minimum Gasteiger partial charge on any atom is -0.293 e. The number of hydrogen-bond donors (Lipinski definition) is 0. The zero-order valence-corrected chi connectivity index (χ0v) is 22.9. The lowest BCUT2D eigenvalue weighted by Crippen LogP contribution is -2.28. The van der Waals surface area contributed by atoms with E-state index in [1.807, 2.05) is 42.6 Å². The lowest BCUT2D eigenvalue weighted by Gasteiger charge is -2.13. The summed E-state index contributed by atoms with van der Waals surface area (Å²) in [5, 5.41) is 4.79. The molecule has 7 nitrogen and oxygen atoms in total. The van der Waals surface area contributed by atoms with Crippen molar-refractivity contribution in [2.45, 2.75) is 31.1 Å². The fourth-order valence-electron chi connectivity index (χ4n) is 3.78. The third-order valence-corrected chi connectivity index (χ3v) is 9.02. The van der Waals surface area contributed by atoms with E-state index in [0.717, 1.165) is 36.1 Å². The average Bonchev–Trinajstić information content (AvgIpc) is 3.41. The van der Waals surface area contributed by atoms with Gasteiger partial charge in [0.2, 0.25) is 10.0 Å². The SMILES string of the molecule is CCCCCN1C(=O)C(=Cc2cn(-c3ccccc3)nc2-c2ccc(S(=O)(=O)N(C)C)cc2)SC1=S. The number of carbonyl (C=O) groups is 1. The Morgan fingerprint density at radius 3 is 2.39 bits per heavy atom. The van der Waals surface area contributed by atoms with Crippen LogP contribution < -0.4 is 0 Å². The number of aromatic nitrogens is 2. The second kappa shape index (κ2) is 11.1. The Morgan fingerprint density at radius 2 is 1.75 bits per heavy atom. The maximum Gasteiger partial charge on any atom is 0.266 e. The number of thiocarbonyl (C=S) groups is 1. The maximum absolute atomic E-state index is 13.1. The third kappa shape index (κ3) is 5.46. The lowest BCUT2D eigenvalue weighted by molar-refractivity contribution is -0.122. The van der Waals surface area contributed by atoms with E-state index in [1.165, 1.54) is 30.2 Å². The van der Waals surface area contributed by atoms with Crippen molar-refractivity contribution >= 4 is 50.3 Å². The van der Waals surface area contributed by atoms with Crippen LogP contribution in [0.1, 0.15) is 31.7 Å². The fraction of sp³-hybridized carbons (Fsp3) is 0.269. The number of hydrogen-bond acceptors (Lipinski definition) is 6. The molecular formula is C26H28N4O3S3. The van der Waals surface area contributed by atoms with Crippen molar-refractivity contribution in [3.05, 3.63) is 71.3 Å². The first-order valence-electron chi connectivity index (χ1n) is 11.7. The first-order chi connectivity index (χ1) is 17.2. The molecule has 0 radical (unpaired) electrons. The molecule has 0 atom stereocenters. The number of sulfonamides is 1. The highest BCUT2D eigenvalue weighted by Gasteiger charge is 2.32. The van der Waals surface area contributed by atoms with E-state index in [0.29, 0.717) is 21.5 Å². The van der Waals surface area contributed by atoms with Crippen molar-refractivity contribution in [2.75, 3.05) is 20.6 Å². The van der Waals surface area contributed by atoms with Gasteiger partial charge in [0.1, 0.15) is 4.32 Å². The van der Waals surface area contributed by atoms with Gasteiger partial charge in [-0.25, -0.2) is 17.4 Å². The molecule has 0 spiro atoms. The number of unbranched alkanes of at least 4 members (excludes halogenated alkanes) is 2. The summed E-state index contributed by atoms with van der Waals surface area (Å²) in [6.45, 7) is 2.74. The number of para-hydroxylation sites is 1. The quantitative estimate of drug-likeness (QED) is 0.212. The van der Waals surface area contributed by atoms with Crippen molar-refractivity contribution in [1.82, 2.24) is 19.0 Å². The van der Waals surface area contributed by atoms with Crippen molar-refractivity contribution in [2.24, 2.45) is 0 Å². The van der Waals surface area contributed by atoms with Gasteiger partial charge in [-0.15, -0.1) is 0 Å². The normalized spacial score (nSPS) is 15.4. The molecular weight excluding hydrogens is 513 g/mol. The number of carbonyl (C=O) groups excluding carboxylic acids is 1. The Morgan fingerprint density at radius 1 is 1.06 bits per heavy atom. The first kappa shape index (κ1) is 26.3. The van der Waals surface area contributed by atoms with Crippen molar-refractivity contribution in [1.29, 1.82) is 0 Å². The summed E-state index contributed by atoms with van der Waals surface area (Å²) in [6.07, 6.45) is 6.73. The van der Waals surface area contributed by atoms with Gasteiger partial charge in [0.15, 0.2) is 0 Å². The van der Waals surface area contributed by atoms with Gasteiger partial charge in [-0.3, -0.25) is 9.69 Å². The molecule has 1 amide bonds. The summed E-state index contributed by atoms with van der Waals surface area (Å²) in [4.78, 5) is 15.5. The van der Waals surface area contributed by atoms with E-state index in [9.17, 15) is 13.2 Å². The standard InChI is InChI=1S/C26H28N4O3S3/c1-4-5-9-16-29-25(31)23(35-26(29)34)17-20-18-30(21-10-7-6-8-11-21)27-24(20)19-12-14-22(15-13-19)36(32,33)28(2)3/h6-8,10-15,17-18H,4-5,9,16H2,1-3H3. The number of thioether (sulfide) groups is 1. The van der Waals surface area contributed by atoms with Crippen molar-refractivity contribution in [3.63, 3.8) is 0 Å². The molecule has 0 unspecified atom stereocenters. The smallest absolute Gasteiger partial charge is 0.266 e. The van der Waals surface area contributed by atoms with Gasteiger partial charge in [0.05, 0.1) is 21.2 Å². The van der Waals surface area contributed by atoms with Gasteiger partial charge < -0.3 is 0 Å². The van der Waals surface area contributed by atoms with Crippen LogP contribution in [0.4, 0.5) is 0 Å². The number of rotatable bonds is 9. The van der Waals surface area contributed by atoms with E-state index in [1.54, 1.807) is 33.8 Å². The number of nitrogens with zero attached hydrogens (tertiary/aromatic N) is 4. The molecule has 0 aliphatic carbocycles. The predicted octanol–water partition coefficient (Wildman–Crippen LogP) is 5.18. The highest BCUT2D eigenvalue weighted by Crippen LogP contribution is 2.35. The number of benzene rings is 2. The van der Waals surface area contributed by atoms with Crippen LogP contribution >= 0.6 is 24.0 Å². The molecule has 1 aliphatic heterocycles. The summed E-state index contributed by atoms with van der Waals surface area (Å²) >= 11 is 6.78. The summed E-state index contributed by atoms with van der Waals surface area (Å²) in [6, 6.07) is 16.3. The third-order valence-electron chi connectivity index (χ3n) is 5.82. The van der Waals surface area contributed by atoms with Crippen LogP contribution in [-0.2, 0) is 14.8 Å². The maximum atomic E-state index is 13.1. The van der Waals surface area contributed by atoms with E-state index in [-0.39, 0.29) is 10.8 Å². The monoisotopic (exact) mass is 540 g/mol. The van der Waals surface area contributed by atoms with Crippen LogP contribution in [0.2, 0.25) is 0 Å². The molecule has 1 aliphatic rings. The summed E-state index contributed by atoms with van der Waals surface area (Å²) < 4.78 is 28.5. The largest absolute Gasteiger partial charge is 0.293 e. The Balaban J connectivity index is 1.73. The molecule has 10 heteroatoms. The molecule has 0 N–H and O–H groups in total. The molecule has 1 aromatic heterocycles. The Hall–Kier alpha value is -2.79. The zero-order chi connectivity index (χ0) is 25.9. The summed E-state index contributed by atoms with van der Waals surface area (Å²) in [5.41, 5.74) is 3.00. The second-order valence-electron chi connectivity index (χ2n) is 8.57. The van der Waals surface area contributed by atoms with Gasteiger partial charge in [-0.05, 0) is 36.8 Å². The summed E-state index contributed by atoms with van der Waals surface area (Å²) in [7, 11) is -0.541. The molecule has 36 heavy (non-hydrogen) atoms. The molecule has 2 aromatic carbocycles. The van der Waals surface area contributed by atoms with Gasteiger partial charge in [0, 0.05) is 38.0 Å². The van der Waals surface area contributed by atoms with Crippen LogP contribution in [0.25, 0.3) is 23.0 Å². The van der Waals surface area contributed by atoms with Crippen LogP contribution in [0.15, 0.2) is 70.6 Å². The van der Waals surface area contributed by atoms with Crippen LogP contribution in [0.5, 0.6) is 0 Å².